The first-order valence-corrected chi connectivity index (χ1v) is 8.02. The number of benzene rings is 1. The first kappa shape index (κ1) is 14.8. The van der Waals surface area contributed by atoms with Gasteiger partial charge in [-0.1, -0.05) is 18.2 Å². The topological polar surface area (TPSA) is 70.1 Å². The summed E-state index contributed by atoms with van der Waals surface area (Å²) in [6.45, 7) is 3.98. The number of hydrogen-bond acceptors (Lipinski definition) is 7. The van der Waals surface area contributed by atoms with E-state index >= 15 is 0 Å². The van der Waals surface area contributed by atoms with Gasteiger partial charge in [-0.3, -0.25) is 0 Å². The Hall–Kier alpha value is -2.80. The van der Waals surface area contributed by atoms with Gasteiger partial charge in [0, 0.05) is 37.8 Å². The van der Waals surface area contributed by atoms with E-state index in [0.717, 1.165) is 48.7 Å². The lowest BCUT2D eigenvalue weighted by atomic mass is 10.2. The number of para-hydroxylation sites is 1. The number of likely N-dealkylation sites (N-methyl/N-ethyl adjacent to an activating group) is 1. The van der Waals surface area contributed by atoms with Crippen LogP contribution in [0.3, 0.4) is 0 Å². The van der Waals surface area contributed by atoms with Crippen LogP contribution in [0.4, 0.5) is 17.6 Å². The van der Waals surface area contributed by atoms with E-state index in [0.29, 0.717) is 5.95 Å². The smallest absolute Gasteiger partial charge is 0.227 e. The van der Waals surface area contributed by atoms with Crippen molar-refractivity contribution in [1.82, 2.24) is 24.8 Å². The largest absolute Gasteiger partial charge is 0.338 e. The zero-order chi connectivity index (χ0) is 16.4. The summed E-state index contributed by atoms with van der Waals surface area (Å²) >= 11 is 0. The average molecular weight is 321 g/mol. The van der Waals surface area contributed by atoms with Crippen molar-refractivity contribution in [2.24, 2.45) is 0 Å². The van der Waals surface area contributed by atoms with Crippen molar-refractivity contribution in [3.8, 4) is 0 Å². The molecule has 0 spiro atoms. The molecule has 1 aliphatic rings. The van der Waals surface area contributed by atoms with E-state index in [1.54, 1.807) is 12.4 Å². The normalized spacial score (nSPS) is 15.6. The minimum absolute atomic E-state index is 0.546. The molecule has 0 bridgehead atoms. The maximum absolute atomic E-state index is 4.50. The third-order valence-electron chi connectivity index (χ3n) is 4.17. The molecule has 1 fully saturated rings. The van der Waals surface area contributed by atoms with Gasteiger partial charge in [0.1, 0.15) is 0 Å². The Labute approximate surface area is 140 Å². The van der Waals surface area contributed by atoms with Crippen LogP contribution in [0, 0.1) is 0 Å². The van der Waals surface area contributed by atoms with Crippen molar-refractivity contribution >= 4 is 28.5 Å². The molecule has 0 atom stereocenters. The van der Waals surface area contributed by atoms with Gasteiger partial charge in [-0.15, -0.1) is 0 Å². The maximum Gasteiger partial charge on any atom is 0.227 e. The van der Waals surface area contributed by atoms with Gasteiger partial charge in [0.25, 0.3) is 0 Å². The third-order valence-corrected chi connectivity index (χ3v) is 4.17. The molecule has 4 rings (SSSR count). The number of hydrogen-bond donors (Lipinski definition) is 1. The predicted octanol–water partition coefficient (Wildman–Crippen LogP) is 1.92. The molecule has 1 aliphatic heterocycles. The molecule has 7 heteroatoms. The fourth-order valence-electron chi connectivity index (χ4n) is 2.72. The monoisotopic (exact) mass is 321 g/mol. The van der Waals surface area contributed by atoms with Crippen molar-refractivity contribution in [1.29, 1.82) is 0 Å². The van der Waals surface area contributed by atoms with Crippen LogP contribution in [-0.2, 0) is 0 Å². The highest BCUT2D eigenvalue weighted by molar-refractivity contribution is 5.78. The lowest BCUT2D eigenvalue weighted by Crippen LogP contribution is -2.45. The van der Waals surface area contributed by atoms with Gasteiger partial charge >= 0.3 is 0 Å². The van der Waals surface area contributed by atoms with Crippen LogP contribution in [-0.4, -0.2) is 58.1 Å². The molecule has 2 aromatic heterocycles. The number of fused-ring (bicyclic) bond motifs is 1. The second-order valence-corrected chi connectivity index (χ2v) is 5.94. The number of anilines is 3. The minimum Gasteiger partial charge on any atom is -0.338 e. The van der Waals surface area contributed by atoms with E-state index < -0.39 is 0 Å². The van der Waals surface area contributed by atoms with Gasteiger partial charge in [0.05, 0.1) is 23.6 Å². The Kier molecular flexibility index (Phi) is 3.92. The number of piperazine rings is 1. The molecule has 1 saturated heterocycles. The van der Waals surface area contributed by atoms with Crippen molar-refractivity contribution in [3.05, 3.63) is 42.9 Å². The summed E-state index contributed by atoms with van der Waals surface area (Å²) in [5.74, 6) is 1.32. The number of nitrogens with zero attached hydrogens (tertiary/aromatic N) is 6. The number of aromatic nitrogens is 4. The maximum atomic E-state index is 4.50. The first-order valence-electron chi connectivity index (χ1n) is 8.02. The Morgan fingerprint density at radius 2 is 1.67 bits per heavy atom. The summed E-state index contributed by atoms with van der Waals surface area (Å²) < 4.78 is 0. The molecule has 0 radical (unpaired) electrons. The van der Waals surface area contributed by atoms with Gasteiger partial charge in [-0.2, -0.15) is 0 Å². The lowest BCUT2D eigenvalue weighted by molar-refractivity contribution is 0.311. The van der Waals surface area contributed by atoms with Gasteiger partial charge in [0.2, 0.25) is 11.9 Å². The second-order valence-electron chi connectivity index (χ2n) is 5.94. The van der Waals surface area contributed by atoms with E-state index in [-0.39, 0.29) is 0 Å². The van der Waals surface area contributed by atoms with E-state index in [2.05, 4.69) is 42.1 Å². The highest BCUT2D eigenvalue weighted by Crippen LogP contribution is 2.17. The SMILES string of the molecule is CN1CCN(c2ncc(Nc3ncc4ccccc4n3)cn2)CC1. The van der Waals surface area contributed by atoms with Crippen molar-refractivity contribution < 1.29 is 0 Å². The Balaban J connectivity index is 1.48. The van der Waals surface area contributed by atoms with Crippen molar-refractivity contribution in [3.63, 3.8) is 0 Å². The summed E-state index contributed by atoms with van der Waals surface area (Å²) in [6, 6.07) is 7.90. The van der Waals surface area contributed by atoms with Crippen LogP contribution in [0.25, 0.3) is 10.9 Å². The molecule has 1 N–H and O–H groups in total. The molecule has 3 heterocycles. The highest BCUT2D eigenvalue weighted by Gasteiger charge is 2.16. The Morgan fingerprint density at radius 1 is 0.917 bits per heavy atom. The van der Waals surface area contributed by atoms with Crippen LogP contribution in [0.1, 0.15) is 0 Å². The Morgan fingerprint density at radius 3 is 2.46 bits per heavy atom. The van der Waals surface area contributed by atoms with Crippen LogP contribution >= 0.6 is 0 Å². The van der Waals surface area contributed by atoms with E-state index in [1.165, 1.54) is 0 Å². The lowest BCUT2D eigenvalue weighted by Gasteiger charge is -2.32. The average Bonchev–Trinajstić information content (AvgIpc) is 2.63. The zero-order valence-electron chi connectivity index (χ0n) is 13.6. The highest BCUT2D eigenvalue weighted by atomic mass is 15.3. The van der Waals surface area contributed by atoms with E-state index in [4.69, 9.17) is 0 Å². The van der Waals surface area contributed by atoms with Gasteiger partial charge in [0.15, 0.2) is 0 Å². The van der Waals surface area contributed by atoms with Crippen LogP contribution in [0.5, 0.6) is 0 Å². The standard InChI is InChI=1S/C17H19N7/c1-23-6-8-24(9-7-23)17-19-11-14(12-20-17)21-16-18-10-13-4-2-3-5-15(13)22-16/h2-5,10-12H,6-9H2,1H3,(H,18,21,22). The molecule has 1 aromatic carbocycles. The van der Waals surface area contributed by atoms with E-state index in [1.807, 2.05) is 30.5 Å². The fraction of sp³-hybridized carbons (Fsp3) is 0.294. The summed E-state index contributed by atoms with van der Waals surface area (Å²) in [7, 11) is 2.13. The first-order chi connectivity index (χ1) is 11.8. The van der Waals surface area contributed by atoms with E-state index in [9.17, 15) is 0 Å². The summed E-state index contributed by atoms with van der Waals surface area (Å²) in [5.41, 5.74) is 1.69. The summed E-state index contributed by atoms with van der Waals surface area (Å²) in [6.07, 6.45) is 5.36. The molecule has 0 saturated carbocycles. The molecule has 0 unspecified atom stereocenters. The van der Waals surface area contributed by atoms with Crippen LogP contribution in [0.2, 0.25) is 0 Å². The summed E-state index contributed by atoms with van der Waals surface area (Å²) in [5, 5.41) is 4.18. The molecule has 24 heavy (non-hydrogen) atoms. The quantitative estimate of drug-likeness (QED) is 0.790. The van der Waals surface area contributed by atoms with Crippen LogP contribution < -0.4 is 10.2 Å². The fourth-order valence-corrected chi connectivity index (χ4v) is 2.72. The van der Waals surface area contributed by atoms with Crippen molar-refractivity contribution in [2.75, 3.05) is 43.4 Å². The molecule has 7 nitrogen and oxygen atoms in total. The van der Waals surface area contributed by atoms with Gasteiger partial charge < -0.3 is 15.1 Å². The predicted molar refractivity (Wildman–Crippen MR) is 94.6 cm³/mol. The molecular weight excluding hydrogens is 302 g/mol. The van der Waals surface area contributed by atoms with Crippen LogP contribution in [0.15, 0.2) is 42.9 Å². The Bertz CT molecular complexity index is 826. The minimum atomic E-state index is 0.546. The molecule has 0 amide bonds. The van der Waals surface area contributed by atoms with Crippen molar-refractivity contribution in [2.45, 2.75) is 0 Å². The number of rotatable bonds is 3. The van der Waals surface area contributed by atoms with Gasteiger partial charge in [-0.25, -0.2) is 19.9 Å². The number of nitrogens with one attached hydrogen (secondary N) is 1. The second kappa shape index (κ2) is 6.37. The third kappa shape index (κ3) is 3.11. The summed E-state index contributed by atoms with van der Waals surface area (Å²) in [4.78, 5) is 22.3. The molecule has 3 aromatic rings. The molecule has 122 valence electrons. The van der Waals surface area contributed by atoms with Gasteiger partial charge in [-0.05, 0) is 13.1 Å². The zero-order valence-corrected chi connectivity index (χ0v) is 13.6. The molecular formula is C17H19N7. The molecule has 0 aliphatic carbocycles.